The molecule has 9 heteroatoms. The van der Waals surface area contributed by atoms with Crippen LogP contribution in [0.1, 0.15) is 22.3 Å². The Kier molecular flexibility index (Phi) is 4.15. The smallest absolute Gasteiger partial charge is 0.254 e. The average molecular weight is 430 g/mol. The van der Waals surface area contributed by atoms with Crippen molar-refractivity contribution in [1.29, 1.82) is 0 Å². The summed E-state index contributed by atoms with van der Waals surface area (Å²) in [7, 11) is 0. The van der Waals surface area contributed by atoms with Crippen molar-refractivity contribution in [2.45, 2.75) is 17.9 Å². The number of carbonyl (C=O) groups excluding carboxylic acids is 2. The molecule has 2 aliphatic rings. The second-order valence-electron chi connectivity index (χ2n) is 6.63. The lowest BCUT2D eigenvalue weighted by atomic mass is 9.86. The molecule has 1 saturated carbocycles. The van der Waals surface area contributed by atoms with Crippen LogP contribution in [-0.4, -0.2) is 45.8 Å². The number of hydrogen-bond donors (Lipinski definition) is 1. The molecule has 2 heterocycles. The molecule has 2 amide bonds. The van der Waals surface area contributed by atoms with Gasteiger partial charge in [0.2, 0.25) is 17.9 Å². The van der Waals surface area contributed by atoms with Gasteiger partial charge in [0.25, 0.3) is 5.91 Å². The summed E-state index contributed by atoms with van der Waals surface area (Å²) in [5.74, 6) is -1.38. The number of rotatable bonds is 3. The predicted molar refractivity (Wildman–Crippen MR) is 97.4 cm³/mol. The van der Waals surface area contributed by atoms with E-state index in [0.29, 0.717) is 18.5 Å². The summed E-state index contributed by atoms with van der Waals surface area (Å²) in [5, 5.41) is 2.45. The Bertz CT molecular complexity index is 990. The Hall–Kier alpha value is -2.86. The first-order valence-electron chi connectivity index (χ1n) is 8.16. The normalized spacial score (nSPS) is 22.9. The largest absolute Gasteiger partial charge is 0.328 e. The maximum absolute atomic E-state index is 12.9. The molecule has 0 bridgehead atoms. The third-order valence-electron chi connectivity index (χ3n) is 4.91. The zero-order valence-corrected chi connectivity index (χ0v) is 15.5. The number of benzene rings is 1. The fourth-order valence-corrected chi connectivity index (χ4v) is 3.90. The van der Waals surface area contributed by atoms with Gasteiger partial charge in [0, 0.05) is 23.0 Å². The van der Waals surface area contributed by atoms with E-state index in [1.165, 1.54) is 4.90 Å². The monoisotopic (exact) mass is 429 g/mol. The van der Waals surface area contributed by atoms with Gasteiger partial charge in [0.1, 0.15) is 6.54 Å². The van der Waals surface area contributed by atoms with Crippen molar-refractivity contribution in [1.82, 2.24) is 14.9 Å². The maximum Gasteiger partial charge on any atom is 0.254 e. The summed E-state index contributed by atoms with van der Waals surface area (Å²) in [6.07, 6.45) is 2.55. The van der Waals surface area contributed by atoms with Crippen molar-refractivity contribution in [2.24, 2.45) is 0 Å². The summed E-state index contributed by atoms with van der Waals surface area (Å²) >= 11 is 3.42. The molecule has 1 aromatic carbocycles. The highest BCUT2D eigenvalue weighted by Gasteiger charge is 2.66. The van der Waals surface area contributed by atoms with Crippen LogP contribution in [0.4, 0.5) is 10.3 Å². The molecule has 4 rings (SSSR count). The highest BCUT2D eigenvalue weighted by Crippen LogP contribution is 2.54. The minimum Gasteiger partial charge on any atom is -0.328 e. The number of fused-ring (bicyclic) bond motifs is 2. The minimum atomic E-state index is -0.608. The van der Waals surface area contributed by atoms with Crippen molar-refractivity contribution in [3.8, 4) is 0 Å². The molecule has 1 fully saturated rings. The van der Waals surface area contributed by atoms with E-state index in [4.69, 9.17) is 6.57 Å². The molecule has 0 saturated heterocycles. The van der Waals surface area contributed by atoms with E-state index in [9.17, 15) is 14.0 Å². The molecule has 2 atom stereocenters. The van der Waals surface area contributed by atoms with Crippen LogP contribution in [0, 0.1) is 12.4 Å². The number of aromatic nitrogens is 2. The van der Waals surface area contributed by atoms with Crippen molar-refractivity contribution >= 4 is 33.7 Å². The highest BCUT2D eigenvalue weighted by molar-refractivity contribution is 9.10. The minimum absolute atomic E-state index is 0.0321. The average Bonchev–Trinajstić information content (AvgIpc) is 3.35. The van der Waals surface area contributed by atoms with E-state index in [1.54, 1.807) is 12.1 Å². The second-order valence-corrected chi connectivity index (χ2v) is 7.55. The molecule has 7 nitrogen and oxygen atoms in total. The van der Waals surface area contributed by atoms with Gasteiger partial charge in [-0.2, -0.15) is 0 Å². The molecule has 1 aliphatic carbocycles. The molecule has 27 heavy (non-hydrogen) atoms. The summed E-state index contributed by atoms with van der Waals surface area (Å²) < 4.78 is 13.7. The number of hydrogen-bond acceptors (Lipinski definition) is 4. The zero-order valence-electron chi connectivity index (χ0n) is 13.9. The molecule has 1 aromatic heterocycles. The molecular formula is C18H13BrFN5O2. The van der Waals surface area contributed by atoms with Crippen LogP contribution in [0.2, 0.25) is 0 Å². The van der Waals surface area contributed by atoms with Crippen molar-refractivity contribution in [3.63, 3.8) is 0 Å². The topological polar surface area (TPSA) is 79.6 Å². The highest BCUT2D eigenvalue weighted by atomic mass is 79.9. The standard InChI is InChI=1S/C18H13BrFN5O2/c1-21-14-5-18(14)9-25(16(27)12-3-2-10(19)4-13(12)18)8-15(26)24-17-22-6-11(20)7-23-17/h2-4,6-7,14H,5,8-9H2,(H,22,23,24,26)/t14-,18-/m0/s1. The number of nitrogens with zero attached hydrogens (tertiary/aromatic N) is 4. The van der Waals surface area contributed by atoms with E-state index in [0.717, 1.165) is 22.4 Å². The molecular weight excluding hydrogens is 417 g/mol. The van der Waals surface area contributed by atoms with Crippen LogP contribution in [0.3, 0.4) is 0 Å². The number of halogens is 2. The Balaban J connectivity index is 1.56. The van der Waals surface area contributed by atoms with Crippen molar-refractivity contribution in [3.05, 3.63) is 63.4 Å². The van der Waals surface area contributed by atoms with E-state index in [1.807, 2.05) is 6.07 Å². The number of amides is 2. The second kappa shape index (κ2) is 6.39. The van der Waals surface area contributed by atoms with Crippen LogP contribution >= 0.6 is 15.9 Å². The van der Waals surface area contributed by atoms with Crippen LogP contribution in [0.15, 0.2) is 35.1 Å². The summed E-state index contributed by atoms with van der Waals surface area (Å²) in [6, 6.07) is 5.18. The van der Waals surface area contributed by atoms with Gasteiger partial charge in [-0.15, -0.1) is 0 Å². The predicted octanol–water partition coefficient (Wildman–Crippen LogP) is 2.40. The van der Waals surface area contributed by atoms with Gasteiger partial charge in [-0.1, -0.05) is 15.9 Å². The third-order valence-corrected chi connectivity index (χ3v) is 5.40. The molecule has 0 radical (unpaired) electrons. The van der Waals surface area contributed by atoms with Crippen LogP contribution in [0.5, 0.6) is 0 Å². The Labute approximate surface area is 162 Å². The summed E-state index contributed by atoms with van der Waals surface area (Å²) in [4.78, 5) is 37.6. The van der Waals surface area contributed by atoms with E-state index in [-0.39, 0.29) is 24.4 Å². The molecule has 1 N–H and O–H groups in total. The lowest BCUT2D eigenvalue weighted by Crippen LogP contribution is -2.47. The third kappa shape index (κ3) is 3.06. The van der Waals surface area contributed by atoms with Gasteiger partial charge in [-0.25, -0.2) is 20.9 Å². The van der Waals surface area contributed by atoms with Crippen molar-refractivity contribution in [2.75, 3.05) is 18.4 Å². The Morgan fingerprint density at radius 2 is 2.19 bits per heavy atom. The maximum atomic E-state index is 12.9. The van der Waals surface area contributed by atoms with E-state index < -0.39 is 17.1 Å². The SMILES string of the molecule is [C-]#[N+][C@H]1C[C@@]12CN(CC(=O)Nc1ncc(F)cn1)C(=O)c1ccc(Br)cc12. The zero-order chi connectivity index (χ0) is 19.2. The lowest BCUT2D eigenvalue weighted by molar-refractivity contribution is -0.117. The Morgan fingerprint density at radius 1 is 1.44 bits per heavy atom. The van der Waals surface area contributed by atoms with Gasteiger partial charge < -0.3 is 9.74 Å². The number of carbonyl (C=O) groups is 2. The molecule has 1 spiro atoms. The van der Waals surface area contributed by atoms with Crippen LogP contribution in [0.25, 0.3) is 4.85 Å². The van der Waals surface area contributed by atoms with Gasteiger partial charge in [-0.3, -0.25) is 14.9 Å². The summed E-state index contributed by atoms with van der Waals surface area (Å²) in [5.41, 5.74) is 0.948. The van der Waals surface area contributed by atoms with Crippen LogP contribution in [-0.2, 0) is 10.2 Å². The first-order valence-corrected chi connectivity index (χ1v) is 8.95. The summed E-state index contributed by atoms with van der Waals surface area (Å²) in [6.45, 7) is 7.50. The molecule has 0 unspecified atom stereocenters. The van der Waals surface area contributed by atoms with Gasteiger partial charge in [0.15, 0.2) is 5.82 Å². The quantitative estimate of drug-likeness (QED) is 0.759. The molecule has 136 valence electrons. The van der Waals surface area contributed by atoms with Crippen molar-refractivity contribution < 1.29 is 14.0 Å². The molecule has 1 aliphatic heterocycles. The fourth-order valence-electron chi connectivity index (χ4n) is 3.54. The first-order chi connectivity index (χ1) is 12.9. The Morgan fingerprint density at radius 3 is 2.85 bits per heavy atom. The van der Waals surface area contributed by atoms with Crippen LogP contribution < -0.4 is 5.32 Å². The van der Waals surface area contributed by atoms with Gasteiger partial charge >= 0.3 is 0 Å². The van der Waals surface area contributed by atoms with E-state index >= 15 is 0 Å². The fraction of sp³-hybridized carbons (Fsp3) is 0.278. The number of nitrogens with one attached hydrogen (secondary N) is 1. The molecule has 2 aromatic rings. The lowest BCUT2D eigenvalue weighted by Gasteiger charge is -2.33. The van der Waals surface area contributed by atoms with Gasteiger partial charge in [-0.05, 0) is 23.8 Å². The first kappa shape index (κ1) is 17.5. The van der Waals surface area contributed by atoms with E-state index in [2.05, 4.69) is 36.1 Å². The number of anilines is 1. The van der Waals surface area contributed by atoms with Gasteiger partial charge in [0.05, 0.1) is 17.8 Å².